The van der Waals surface area contributed by atoms with E-state index in [0.29, 0.717) is 24.7 Å². The van der Waals surface area contributed by atoms with Crippen LogP contribution < -0.4 is 5.14 Å². The topological polar surface area (TPSA) is 85.4 Å². The van der Waals surface area contributed by atoms with Crippen LogP contribution in [0.1, 0.15) is 37.7 Å². The van der Waals surface area contributed by atoms with E-state index in [9.17, 15) is 13.2 Å². The summed E-state index contributed by atoms with van der Waals surface area (Å²) in [6.45, 7) is 7.22. The molecular formula is C13H21N3O3S. The van der Waals surface area contributed by atoms with Gasteiger partial charge in [-0.1, -0.05) is 6.92 Å². The molecule has 2 N–H and O–H groups in total. The first kappa shape index (κ1) is 15.1. The lowest BCUT2D eigenvalue weighted by molar-refractivity contribution is 0.0733. The van der Waals surface area contributed by atoms with Crippen molar-refractivity contribution in [3.05, 3.63) is 18.0 Å². The van der Waals surface area contributed by atoms with Gasteiger partial charge >= 0.3 is 0 Å². The largest absolute Gasteiger partial charge is 0.342 e. The van der Waals surface area contributed by atoms with Gasteiger partial charge in [-0.2, -0.15) is 0 Å². The van der Waals surface area contributed by atoms with Crippen molar-refractivity contribution >= 4 is 15.9 Å². The lowest BCUT2D eigenvalue weighted by Crippen LogP contribution is -2.35. The first-order chi connectivity index (χ1) is 9.24. The highest BCUT2D eigenvalue weighted by Crippen LogP contribution is 2.25. The third-order valence-corrected chi connectivity index (χ3v) is 4.68. The van der Waals surface area contributed by atoms with Crippen LogP contribution in [0.2, 0.25) is 0 Å². The fourth-order valence-corrected chi connectivity index (χ4v) is 3.36. The van der Waals surface area contributed by atoms with Crippen molar-refractivity contribution in [2.24, 2.45) is 11.1 Å². The van der Waals surface area contributed by atoms with E-state index in [1.807, 2.05) is 13.8 Å². The maximum absolute atomic E-state index is 12.6. The highest BCUT2D eigenvalue weighted by molar-refractivity contribution is 7.89. The molecule has 7 heteroatoms. The number of carbonyl (C=O) groups excluding carboxylic acids is 1. The minimum absolute atomic E-state index is 0.0115. The molecular weight excluding hydrogens is 278 g/mol. The number of hydrogen-bond acceptors (Lipinski definition) is 3. The summed E-state index contributed by atoms with van der Waals surface area (Å²) in [5.41, 5.74) is 0.387. The van der Waals surface area contributed by atoms with Crippen LogP contribution in [0, 0.1) is 5.92 Å². The van der Waals surface area contributed by atoms with Gasteiger partial charge in [0, 0.05) is 25.3 Å². The number of hydrogen-bond donors (Lipinski definition) is 1. The zero-order valence-corrected chi connectivity index (χ0v) is 12.9. The van der Waals surface area contributed by atoms with Crippen LogP contribution in [0.4, 0.5) is 0 Å². The van der Waals surface area contributed by atoms with Crippen molar-refractivity contribution in [2.75, 3.05) is 6.54 Å². The first-order valence-corrected chi connectivity index (χ1v) is 8.32. The molecule has 1 aliphatic rings. The molecule has 1 amide bonds. The minimum Gasteiger partial charge on any atom is -0.342 e. The molecule has 1 saturated heterocycles. The predicted octanol–water partition coefficient (Wildman–Crippen LogP) is 1.03. The van der Waals surface area contributed by atoms with Crippen molar-refractivity contribution in [1.29, 1.82) is 0 Å². The van der Waals surface area contributed by atoms with Crippen molar-refractivity contribution in [3.63, 3.8) is 0 Å². The summed E-state index contributed by atoms with van der Waals surface area (Å²) in [5.74, 6) is 0.343. The van der Waals surface area contributed by atoms with Crippen molar-refractivity contribution in [2.45, 2.75) is 44.7 Å². The van der Waals surface area contributed by atoms with Gasteiger partial charge in [0.1, 0.15) is 10.6 Å². The number of likely N-dealkylation sites (tertiary alicyclic amines) is 1. The second-order valence-electron chi connectivity index (χ2n) is 5.54. The van der Waals surface area contributed by atoms with Gasteiger partial charge in [0.05, 0.1) is 0 Å². The molecule has 0 radical (unpaired) electrons. The molecule has 1 aromatic heterocycles. The quantitative estimate of drug-likeness (QED) is 0.904. The van der Waals surface area contributed by atoms with E-state index in [2.05, 4.69) is 6.92 Å². The van der Waals surface area contributed by atoms with E-state index in [1.54, 1.807) is 9.47 Å². The average molecular weight is 299 g/mol. The van der Waals surface area contributed by atoms with Gasteiger partial charge < -0.3 is 9.47 Å². The van der Waals surface area contributed by atoms with Crippen LogP contribution in [-0.4, -0.2) is 36.4 Å². The summed E-state index contributed by atoms with van der Waals surface area (Å²) in [7, 11) is -3.79. The van der Waals surface area contributed by atoms with Gasteiger partial charge in [-0.15, -0.1) is 0 Å². The van der Waals surface area contributed by atoms with Crippen LogP contribution in [0.5, 0.6) is 0 Å². The first-order valence-electron chi connectivity index (χ1n) is 6.78. The van der Waals surface area contributed by atoms with E-state index in [1.165, 1.54) is 12.3 Å². The molecule has 6 nitrogen and oxygen atoms in total. The molecule has 1 fully saturated rings. The van der Waals surface area contributed by atoms with Crippen LogP contribution in [0.15, 0.2) is 17.2 Å². The molecule has 0 aliphatic carbocycles. The number of nitrogens with zero attached hydrogens (tertiary/aromatic N) is 2. The zero-order chi connectivity index (χ0) is 15.1. The predicted molar refractivity (Wildman–Crippen MR) is 75.8 cm³/mol. The fourth-order valence-electron chi connectivity index (χ4n) is 2.81. The number of sulfonamides is 1. The number of rotatable bonds is 3. The molecule has 2 heterocycles. The smallest absolute Gasteiger partial charge is 0.270 e. The molecule has 1 aliphatic heterocycles. The van der Waals surface area contributed by atoms with E-state index in [4.69, 9.17) is 5.14 Å². The second kappa shape index (κ2) is 5.21. The maximum atomic E-state index is 12.6. The number of carbonyl (C=O) groups is 1. The van der Waals surface area contributed by atoms with Crippen molar-refractivity contribution < 1.29 is 13.2 Å². The summed E-state index contributed by atoms with van der Waals surface area (Å²) in [6.07, 6.45) is 2.40. The van der Waals surface area contributed by atoms with E-state index < -0.39 is 10.0 Å². The number of aryl methyl sites for hydroxylation is 1. The van der Waals surface area contributed by atoms with Gasteiger partial charge in [-0.05, 0) is 32.3 Å². The Morgan fingerprint density at radius 2 is 2.10 bits per heavy atom. The Labute approximate surface area is 119 Å². The molecule has 1 aromatic rings. The number of nitrogens with two attached hydrogens (primary N) is 1. The molecule has 0 bridgehead atoms. The highest BCUT2D eigenvalue weighted by atomic mass is 32.2. The van der Waals surface area contributed by atoms with E-state index in [0.717, 1.165) is 6.42 Å². The third-order valence-electron chi connectivity index (χ3n) is 3.80. The Bertz CT molecular complexity index is 621. The third kappa shape index (κ3) is 2.73. The van der Waals surface area contributed by atoms with Crippen LogP contribution in [0.3, 0.4) is 0 Å². The standard InChI is InChI=1S/C13H21N3O3S/c1-4-15-8-11(20(14,18)19)6-12(15)13(17)16-7-9(2)5-10(16)3/h6,8-10H,4-5,7H2,1-3H3,(H2,14,18,19). The Morgan fingerprint density at radius 1 is 1.45 bits per heavy atom. The normalized spacial score (nSPS) is 23.3. The SMILES string of the molecule is CCn1cc(S(N)(=O)=O)cc1C(=O)N1CC(C)CC1C. The average Bonchev–Trinajstić information content (AvgIpc) is 2.91. The summed E-state index contributed by atoms with van der Waals surface area (Å²) in [6, 6.07) is 1.55. The molecule has 20 heavy (non-hydrogen) atoms. The minimum atomic E-state index is -3.79. The van der Waals surface area contributed by atoms with Gasteiger partial charge in [-0.25, -0.2) is 13.6 Å². The lowest BCUT2D eigenvalue weighted by Gasteiger charge is -2.22. The Kier molecular flexibility index (Phi) is 3.93. The van der Waals surface area contributed by atoms with Gasteiger partial charge in [0.2, 0.25) is 10.0 Å². The van der Waals surface area contributed by atoms with Crippen LogP contribution >= 0.6 is 0 Å². The van der Waals surface area contributed by atoms with Crippen molar-refractivity contribution in [1.82, 2.24) is 9.47 Å². The van der Waals surface area contributed by atoms with Crippen molar-refractivity contribution in [3.8, 4) is 0 Å². The molecule has 2 unspecified atom stereocenters. The maximum Gasteiger partial charge on any atom is 0.270 e. The summed E-state index contributed by atoms with van der Waals surface area (Å²) < 4.78 is 24.5. The van der Waals surface area contributed by atoms with Crippen LogP contribution in [0.25, 0.3) is 0 Å². The zero-order valence-electron chi connectivity index (χ0n) is 12.0. The van der Waals surface area contributed by atoms with Crippen LogP contribution in [-0.2, 0) is 16.6 Å². The lowest BCUT2D eigenvalue weighted by atomic mass is 10.1. The van der Waals surface area contributed by atoms with Gasteiger partial charge in [-0.3, -0.25) is 4.79 Å². The number of amides is 1. The Balaban J connectivity index is 2.37. The van der Waals surface area contributed by atoms with E-state index >= 15 is 0 Å². The molecule has 2 rings (SSSR count). The molecule has 112 valence electrons. The highest BCUT2D eigenvalue weighted by Gasteiger charge is 2.32. The molecule has 0 saturated carbocycles. The Hall–Kier alpha value is -1.34. The summed E-state index contributed by atoms with van der Waals surface area (Å²) >= 11 is 0. The number of primary sulfonamides is 1. The van der Waals surface area contributed by atoms with Gasteiger partial charge in [0.15, 0.2) is 0 Å². The summed E-state index contributed by atoms with van der Waals surface area (Å²) in [4.78, 5) is 14.4. The number of aromatic nitrogens is 1. The molecule has 2 atom stereocenters. The molecule has 0 spiro atoms. The fraction of sp³-hybridized carbons (Fsp3) is 0.615. The van der Waals surface area contributed by atoms with Gasteiger partial charge in [0.25, 0.3) is 5.91 Å². The Morgan fingerprint density at radius 3 is 2.55 bits per heavy atom. The monoisotopic (exact) mass is 299 g/mol. The second-order valence-corrected chi connectivity index (χ2v) is 7.10. The van der Waals surface area contributed by atoms with E-state index in [-0.39, 0.29) is 16.8 Å². The summed E-state index contributed by atoms with van der Waals surface area (Å²) in [5, 5.41) is 5.13. The molecule has 0 aromatic carbocycles.